The lowest BCUT2D eigenvalue weighted by Gasteiger charge is -2.07. The summed E-state index contributed by atoms with van der Waals surface area (Å²) in [5.41, 5.74) is 11.9. The summed E-state index contributed by atoms with van der Waals surface area (Å²) < 4.78 is 1.68. The van der Waals surface area contributed by atoms with Gasteiger partial charge in [-0.25, -0.2) is 9.66 Å². The summed E-state index contributed by atoms with van der Waals surface area (Å²) in [5, 5.41) is 0.709. The van der Waals surface area contributed by atoms with Crippen LogP contribution >= 0.6 is 11.6 Å². The number of rotatable bonds is 4. The smallest absolute Gasteiger partial charge is 0.219 e. The molecule has 0 bridgehead atoms. The number of nitrogens with one attached hydrogen (secondary N) is 1. The zero-order chi connectivity index (χ0) is 14.7. The molecule has 0 saturated heterocycles. The Hall–Kier alpha value is -2.46. The highest BCUT2D eigenvalue weighted by Crippen LogP contribution is 2.19. The number of nitrogens with zero attached hydrogens (tertiary/aromatic N) is 2. The van der Waals surface area contributed by atoms with E-state index in [1.165, 1.54) is 0 Å². The van der Waals surface area contributed by atoms with Crippen LogP contribution in [0.5, 0.6) is 0 Å². The number of anilines is 1. The van der Waals surface area contributed by atoms with Gasteiger partial charge in [0.15, 0.2) is 0 Å². The van der Waals surface area contributed by atoms with Gasteiger partial charge in [-0.2, -0.15) is 0 Å². The third kappa shape index (κ3) is 3.17. The van der Waals surface area contributed by atoms with Gasteiger partial charge in [0, 0.05) is 10.6 Å². The zero-order valence-electron chi connectivity index (χ0n) is 11.2. The molecule has 0 fully saturated rings. The van der Waals surface area contributed by atoms with Crippen LogP contribution in [-0.4, -0.2) is 9.66 Å². The first-order valence-corrected chi connectivity index (χ1v) is 6.86. The lowest BCUT2D eigenvalue weighted by atomic mass is 10.2. The van der Waals surface area contributed by atoms with Crippen LogP contribution < -0.4 is 11.2 Å². The minimum Gasteiger partial charge on any atom is -0.368 e. The fourth-order valence-electron chi connectivity index (χ4n) is 1.95. The maximum Gasteiger partial charge on any atom is 0.219 e. The van der Waals surface area contributed by atoms with Crippen molar-refractivity contribution in [3.05, 3.63) is 77.9 Å². The van der Waals surface area contributed by atoms with Crippen LogP contribution in [0, 0.1) is 6.54 Å². The van der Waals surface area contributed by atoms with Gasteiger partial charge >= 0.3 is 0 Å². The molecule has 0 amide bonds. The summed E-state index contributed by atoms with van der Waals surface area (Å²) in [4.78, 5) is 4.34. The molecule has 3 aromatic rings. The van der Waals surface area contributed by atoms with E-state index in [1.54, 1.807) is 4.68 Å². The Bertz CT molecular complexity index is 720. The average molecular weight is 298 g/mol. The number of hydrogen-bond donors (Lipinski definition) is 2. The average Bonchev–Trinajstić information content (AvgIpc) is 2.89. The second kappa shape index (κ2) is 5.89. The molecular formula is C16H14ClN4. The van der Waals surface area contributed by atoms with Crippen molar-refractivity contribution in [3.8, 4) is 11.3 Å². The number of benzene rings is 2. The first-order valence-electron chi connectivity index (χ1n) is 6.48. The molecule has 3 rings (SSSR count). The van der Waals surface area contributed by atoms with Crippen LogP contribution in [0.2, 0.25) is 5.02 Å². The molecule has 21 heavy (non-hydrogen) atoms. The van der Waals surface area contributed by atoms with Crippen molar-refractivity contribution >= 4 is 17.5 Å². The molecule has 0 aliphatic heterocycles. The molecule has 2 aromatic carbocycles. The van der Waals surface area contributed by atoms with Gasteiger partial charge in [0.05, 0.1) is 18.4 Å². The van der Waals surface area contributed by atoms with E-state index in [9.17, 15) is 0 Å². The third-order valence-corrected chi connectivity index (χ3v) is 3.30. The van der Waals surface area contributed by atoms with E-state index < -0.39 is 0 Å². The summed E-state index contributed by atoms with van der Waals surface area (Å²) in [7, 11) is 0. The maximum atomic E-state index is 5.92. The Morgan fingerprint density at radius 3 is 2.48 bits per heavy atom. The van der Waals surface area contributed by atoms with Crippen molar-refractivity contribution < 1.29 is 0 Å². The SMILES string of the molecule is Nc1nc(-c2ccccc2)cn1N[CH]c1ccc(Cl)cc1. The normalized spacial score (nSPS) is 10.5. The van der Waals surface area contributed by atoms with Gasteiger partial charge in [-0.05, 0) is 17.7 Å². The Morgan fingerprint density at radius 1 is 1.05 bits per heavy atom. The molecule has 105 valence electrons. The molecule has 0 saturated carbocycles. The summed E-state index contributed by atoms with van der Waals surface area (Å²) in [5.74, 6) is 0.402. The van der Waals surface area contributed by atoms with Crippen LogP contribution in [0.3, 0.4) is 0 Å². The molecule has 0 unspecified atom stereocenters. The molecule has 3 N–H and O–H groups in total. The molecule has 0 aliphatic carbocycles. The van der Waals surface area contributed by atoms with E-state index >= 15 is 0 Å². The van der Waals surface area contributed by atoms with Crippen LogP contribution in [-0.2, 0) is 0 Å². The van der Waals surface area contributed by atoms with Gasteiger partial charge in [0.2, 0.25) is 5.95 Å². The summed E-state index contributed by atoms with van der Waals surface area (Å²) >= 11 is 5.86. The molecule has 0 atom stereocenters. The molecule has 1 aromatic heterocycles. The number of hydrogen-bond acceptors (Lipinski definition) is 3. The van der Waals surface area contributed by atoms with Crippen molar-refractivity contribution in [2.75, 3.05) is 11.2 Å². The lowest BCUT2D eigenvalue weighted by Crippen LogP contribution is -2.14. The molecule has 5 heteroatoms. The standard InChI is InChI=1S/C16H14ClN4/c17-14-8-6-12(7-9-14)10-19-21-11-15(20-16(21)18)13-4-2-1-3-5-13/h1-11,19H,(H2,18,20). The van der Waals surface area contributed by atoms with E-state index in [1.807, 2.05) is 67.3 Å². The topological polar surface area (TPSA) is 55.9 Å². The summed E-state index contributed by atoms with van der Waals surface area (Å²) in [6.45, 7) is 1.84. The molecular weight excluding hydrogens is 284 g/mol. The highest BCUT2D eigenvalue weighted by Gasteiger charge is 2.06. The van der Waals surface area contributed by atoms with Gasteiger partial charge in [0.1, 0.15) is 0 Å². The van der Waals surface area contributed by atoms with Crippen molar-refractivity contribution in [2.45, 2.75) is 0 Å². The van der Waals surface area contributed by atoms with Crippen molar-refractivity contribution in [2.24, 2.45) is 0 Å². The second-order valence-corrected chi connectivity index (χ2v) is 4.98. The van der Waals surface area contributed by atoms with E-state index in [0.717, 1.165) is 16.8 Å². The van der Waals surface area contributed by atoms with Crippen LogP contribution in [0.1, 0.15) is 5.56 Å². The Labute approximate surface area is 128 Å². The van der Waals surface area contributed by atoms with Crippen molar-refractivity contribution in [1.29, 1.82) is 0 Å². The fourth-order valence-corrected chi connectivity index (χ4v) is 2.08. The van der Waals surface area contributed by atoms with Crippen molar-refractivity contribution in [1.82, 2.24) is 9.66 Å². The van der Waals surface area contributed by atoms with E-state index in [4.69, 9.17) is 17.3 Å². The summed E-state index contributed by atoms with van der Waals surface area (Å²) in [6, 6.07) is 17.4. The number of imidazole rings is 1. The molecule has 1 radical (unpaired) electrons. The van der Waals surface area contributed by atoms with Gasteiger partial charge in [0.25, 0.3) is 0 Å². The highest BCUT2D eigenvalue weighted by atomic mass is 35.5. The van der Waals surface area contributed by atoms with Gasteiger partial charge in [-0.1, -0.05) is 54.1 Å². The van der Waals surface area contributed by atoms with Crippen molar-refractivity contribution in [3.63, 3.8) is 0 Å². The van der Waals surface area contributed by atoms with Gasteiger partial charge in [-0.15, -0.1) is 0 Å². The van der Waals surface area contributed by atoms with Gasteiger partial charge < -0.3 is 11.2 Å². The third-order valence-electron chi connectivity index (χ3n) is 3.04. The van der Waals surface area contributed by atoms with Crippen LogP contribution in [0.4, 0.5) is 5.95 Å². The molecule has 1 heterocycles. The number of nitrogen functional groups attached to an aromatic ring is 1. The molecule has 0 spiro atoms. The Morgan fingerprint density at radius 2 is 1.76 bits per heavy atom. The Balaban J connectivity index is 1.74. The zero-order valence-corrected chi connectivity index (χ0v) is 12.0. The predicted octanol–water partition coefficient (Wildman–Crippen LogP) is 3.54. The highest BCUT2D eigenvalue weighted by molar-refractivity contribution is 6.30. The lowest BCUT2D eigenvalue weighted by molar-refractivity contribution is 0.937. The number of aromatic nitrogens is 2. The largest absolute Gasteiger partial charge is 0.368 e. The molecule has 4 nitrogen and oxygen atoms in total. The first kappa shape index (κ1) is 13.5. The van der Waals surface area contributed by atoms with Gasteiger partial charge in [-0.3, -0.25) is 0 Å². The number of halogens is 1. The van der Waals surface area contributed by atoms with E-state index in [0.29, 0.717) is 11.0 Å². The fraction of sp³-hybridized carbons (Fsp3) is 0. The second-order valence-electron chi connectivity index (χ2n) is 4.55. The molecule has 0 aliphatic rings. The minimum atomic E-state index is 0.402. The quantitative estimate of drug-likeness (QED) is 0.774. The first-order chi connectivity index (χ1) is 10.2. The van der Waals surface area contributed by atoms with E-state index in [-0.39, 0.29) is 0 Å². The Kier molecular flexibility index (Phi) is 3.79. The predicted molar refractivity (Wildman–Crippen MR) is 86.3 cm³/mol. The van der Waals surface area contributed by atoms with Crippen LogP contribution in [0.25, 0.3) is 11.3 Å². The van der Waals surface area contributed by atoms with Crippen LogP contribution in [0.15, 0.2) is 60.8 Å². The monoisotopic (exact) mass is 297 g/mol. The van der Waals surface area contributed by atoms with E-state index in [2.05, 4.69) is 10.4 Å². The maximum absolute atomic E-state index is 5.92. The number of nitrogens with two attached hydrogens (primary N) is 1. The minimum absolute atomic E-state index is 0.402. The summed E-state index contributed by atoms with van der Waals surface area (Å²) in [6.07, 6.45) is 1.86.